The molecule has 0 radical (unpaired) electrons. The Hall–Kier alpha value is -1.56. The fraction of sp³-hybridized carbons (Fsp3) is 0.385. The summed E-state index contributed by atoms with van der Waals surface area (Å²) in [5.74, 6) is 0.275. The van der Waals surface area contributed by atoms with Crippen LogP contribution in [0.15, 0.2) is 24.3 Å². The molecule has 1 aromatic rings. The fourth-order valence-corrected chi connectivity index (χ4v) is 2.66. The molecule has 6 heteroatoms. The van der Waals surface area contributed by atoms with Crippen LogP contribution in [0.3, 0.4) is 0 Å². The molecule has 0 atom stereocenters. The standard InChI is InChI=1S/C13H15FN2O2S/c14-11-4-2-1-3-10(11)5-6-15-12(17)9-16-7-8-19-13(16)18/h1-4H,5-9H2,(H,15,17). The molecule has 1 aromatic carbocycles. The van der Waals surface area contributed by atoms with Crippen LogP contribution in [-0.4, -0.2) is 41.4 Å². The number of halogens is 1. The summed E-state index contributed by atoms with van der Waals surface area (Å²) in [7, 11) is 0. The molecule has 1 N–H and O–H groups in total. The summed E-state index contributed by atoms with van der Waals surface area (Å²) in [6.07, 6.45) is 0.446. The van der Waals surface area contributed by atoms with Gasteiger partial charge in [0.2, 0.25) is 5.91 Å². The Morgan fingerprint density at radius 1 is 1.42 bits per heavy atom. The van der Waals surface area contributed by atoms with Crippen molar-refractivity contribution >= 4 is 22.9 Å². The van der Waals surface area contributed by atoms with E-state index in [1.165, 1.54) is 22.7 Å². The lowest BCUT2D eigenvalue weighted by atomic mass is 10.1. The molecule has 0 spiro atoms. The van der Waals surface area contributed by atoms with Gasteiger partial charge >= 0.3 is 0 Å². The van der Waals surface area contributed by atoms with Gasteiger partial charge in [-0.2, -0.15) is 0 Å². The summed E-state index contributed by atoms with van der Waals surface area (Å²) in [6, 6.07) is 6.49. The number of thioether (sulfide) groups is 1. The van der Waals surface area contributed by atoms with E-state index < -0.39 is 0 Å². The maximum atomic E-state index is 13.3. The highest BCUT2D eigenvalue weighted by Gasteiger charge is 2.22. The Morgan fingerprint density at radius 3 is 2.89 bits per heavy atom. The van der Waals surface area contributed by atoms with Crippen LogP contribution >= 0.6 is 11.8 Å². The highest BCUT2D eigenvalue weighted by atomic mass is 32.2. The average Bonchev–Trinajstić information content (AvgIpc) is 2.77. The number of nitrogens with one attached hydrogen (secondary N) is 1. The second-order valence-corrected chi connectivity index (χ2v) is 5.27. The molecule has 0 aliphatic carbocycles. The van der Waals surface area contributed by atoms with Crippen molar-refractivity contribution in [3.8, 4) is 0 Å². The van der Waals surface area contributed by atoms with Gasteiger partial charge in [-0.1, -0.05) is 30.0 Å². The topological polar surface area (TPSA) is 49.4 Å². The van der Waals surface area contributed by atoms with E-state index in [1.807, 2.05) is 0 Å². The van der Waals surface area contributed by atoms with E-state index in [4.69, 9.17) is 0 Å². The van der Waals surface area contributed by atoms with Crippen LogP contribution < -0.4 is 5.32 Å². The number of amides is 2. The minimum absolute atomic E-state index is 0.0516. The molecule has 0 bridgehead atoms. The zero-order valence-electron chi connectivity index (χ0n) is 10.4. The average molecular weight is 282 g/mol. The zero-order valence-corrected chi connectivity index (χ0v) is 11.2. The summed E-state index contributed by atoms with van der Waals surface area (Å²) < 4.78 is 13.3. The van der Waals surface area contributed by atoms with Gasteiger partial charge in [0.05, 0.1) is 0 Å². The highest BCUT2D eigenvalue weighted by molar-refractivity contribution is 8.13. The van der Waals surface area contributed by atoms with Gasteiger partial charge in [0, 0.05) is 18.8 Å². The number of hydrogen-bond donors (Lipinski definition) is 1. The minimum Gasteiger partial charge on any atom is -0.354 e. The summed E-state index contributed by atoms with van der Waals surface area (Å²) >= 11 is 1.23. The normalized spacial score (nSPS) is 14.8. The van der Waals surface area contributed by atoms with Gasteiger partial charge in [-0.3, -0.25) is 9.59 Å². The van der Waals surface area contributed by atoms with E-state index in [0.29, 0.717) is 25.1 Å². The summed E-state index contributed by atoms with van der Waals surface area (Å²) in [5, 5.41) is 2.65. The molecule has 1 aliphatic heterocycles. The van der Waals surface area contributed by atoms with Crippen LogP contribution in [0.5, 0.6) is 0 Å². The molecule has 102 valence electrons. The van der Waals surface area contributed by atoms with Crippen molar-refractivity contribution in [2.45, 2.75) is 6.42 Å². The molecule has 4 nitrogen and oxygen atoms in total. The molecule has 1 heterocycles. The van der Waals surface area contributed by atoms with Gasteiger partial charge in [0.25, 0.3) is 5.24 Å². The smallest absolute Gasteiger partial charge is 0.282 e. The molecule has 2 rings (SSSR count). The van der Waals surface area contributed by atoms with Crippen LogP contribution in [0.4, 0.5) is 9.18 Å². The van der Waals surface area contributed by atoms with E-state index in [0.717, 1.165) is 5.75 Å². The van der Waals surface area contributed by atoms with E-state index in [9.17, 15) is 14.0 Å². The lowest BCUT2D eigenvalue weighted by Gasteiger charge is -2.14. The second kappa shape index (κ2) is 6.56. The van der Waals surface area contributed by atoms with Crippen LogP contribution in [0.1, 0.15) is 5.56 Å². The van der Waals surface area contributed by atoms with E-state index in [2.05, 4.69) is 5.32 Å². The van der Waals surface area contributed by atoms with Crippen molar-refractivity contribution in [3.63, 3.8) is 0 Å². The molecule has 1 saturated heterocycles. The molecule has 2 amide bonds. The zero-order chi connectivity index (χ0) is 13.7. The van der Waals surface area contributed by atoms with Crippen LogP contribution in [0.2, 0.25) is 0 Å². The Morgan fingerprint density at radius 2 is 2.21 bits per heavy atom. The molecule has 1 fully saturated rings. The lowest BCUT2D eigenvalue weighted by molar-refractivity contribution is -0.121. The third-order valence-corrected chi connectivity index (χ3v) is 3.75. The summed E-state index contributed by atoms with van der Waals surface area (Å²) in [5.41, 5.74) is 0.579. The van der Waals surface area contributed by atoms with Crippen molar-refractivity contribution < 1.29 is 14.0 Å². The number of carbonyl (C=O) groups excluding carboxylic acids is 2. The van der Waals surface area contributed by atoms with Gasteiger partial charge in [0.15, 0.2) is 0 Å². The van der Waals surface area contributed by atoms with E-state index in [1.54, 1.807) is 18.2 Å². The van der Waals surface area contributed by atoms with Crippen LogP contribution in [0.25, 0.3) is 0 Å². The first-order chi connectivity index (χ1) is 9.16. The summed E-state index contributed by atoms with van der Waals surface area (Å²) in [4.78, 5) is 24.4. The second-order valence-electron chi connectivity index (χ2n) is 4.23. The van der Waals surface area contributed by atoms with Crippen molar-refractivity contribution in [1.29, 1.82) is 0 Å². The van der Waals surface area contributed by atoms with Crippen molar-refractivity contribution in [3.05, 3.63) is 35.6 Å². The maximum absolute atomic E-state index is 13.3. The number of hydrogen-bond acceptors (Lipinski definition) is 3. The minimum atomic E-state index is -0.261. The van der Waals surface area contributed by atoms with Crippen molar-refractivity contribution in [2.75, 3.05) is 25.4 Å². The van der Waals surface area contributed by atoms with Gasteiger partial charge in [-0.05, 0) is 18.1 Å². The SMILES string of the molecule is O=C(CN1CCSC1=O)NCCc1ccccc1F. The van der Waals surface area contributed by atoms with E-state index in [-0.39, 0.29) is 23.5 Å². The van der Waals surface area contributed by atoms with Crippen LogP contribution in [0, 0.1) is 5.82 Å². The first-order valence-electron chi connectivity index (χ1n) is 6.08. The lowest BCUT2D eigenvalue weighted by Crippen LogP contribution is -2.38. The molecule has 0 saturated carbocycles. The quantitative estimate of drug-likeness (QED) is 0.893. The molecule has 19 heavy (non-hydrogen) atoms. The fourth-order valence-electron chi connectivity index (χ4n) is 1.84. The largest absolute Gasteiger partial charge is 0.354 e. The predicted octanol–water partition coefficient (Wildman–Crippen LogP) is 1.65. The van der Waals surface area contributed by atoms with Crippen molar-refractivity contribution in [1.82, 2.24) is 10.2 Å². The number of nitrogens with zero attached hydrogens (tertiary/aromatic N) is 1. The Bertz CT molecular complexity index is 481. The third kappa shape index (κ3) is 3.96. The van der Waals surface area contributed by atoms with Gasteiger partial charge in [-0.15, -0.1) is 0 Å². The molecule has 1 aliphatic rings. The Balaban J connectivity index is 1.72. The molecule has 0 aromatic heterocycles. The highest BCUT2D eigenvalue weighted by Crippen LogP contribution is 2.16. The molecular weight excluding hydrogens is 267 g/mol. The van der Waals surface area contributed by atoms with Gasteiger partial charge in [0.1, 0.15) is 12.4 Å². The maximum Gasteiger partial charge on any atom is 0.282 e. The molecular formula is C13H15FN2O2S. The van der Waals surface area contributed by atoms with Gasteiger partial charge in [-0.25, -0.2) is 4.39 Å². The monoisotopic (exact) mass is 282 g/mol. The van der Waals surface area contributed by atoms with Crippen molar-refractivity contribution in [2.24, 2.45) is 0 Å². The van der Waals surface area contributed by atoms with Crippen LogP contribution in [-0.2, 0) is 11.2 Å². The Kier molecular flexibility index (Phi) is 4.79. The van der Waals surface area contributed by atoms with E-state index >= 15 is 0 Å². The first-order valence-corrected chi connectivity index (χ1v) is 7.07. The molecule has 0 unspecified atom stereocenters. The summed E-state index contributed by atoms with van der Waals surface area (Å²) in [6.45, 7) is 1.07. The number of rotatable bonds is 5. The first kappa shape index (κ1) is 13.9. The third-order valence-electron chi connectivity index (χ3n) is 2.85. The number of carbonyl (C=O) groups is 2. The Labute approximate surface area is 115 Å². The predicted molar refractivity (Wildman–Crippen MR) is 72.5 cm³/mol. The van der Waals surface area contributed by atoms with Gasteiger partial charge < -0.3 is 10.2 Å². The number of benzene rings is 1.